The monoisotopic (exact) mass is 263 g/mol. The predicted molar refractivity (Wildman–Crippen MR) is 83.3 cm³/mol. The van der Waals surface area contributed by atoms with E-state index in [2.05, 4.69) is 65.1 Å². The number of nitrogens with one attached hydrogen (secondary N) is 1. The number of hydrogen-bond acceptors (Lipinski definition) is 2. The van der Waals surface area contributed by atoms with E-state index in [0.717, 1.165) is 18.8 Å². The molecule has 2 nitrogen and oxygen atoms in total. The second-order valence-corrected chi connectivity index (χ2v) is 6.83. The van der Waals surface area contributed by atoms with Gasteiger partial charge in [0.15, 0.2) is 0 Å². The molecule has 0 bridgehead atoms. The molecule has 19 heavy (non-hydrogen) atoms. The van der Waals surface area contributed by atoms with Crippen molar-refractivity contribution in [1.82, 2.24) is 5.32 Å². The van der Waals surface area contributed by atoms with Gasteiger partial charge < -0.3 is 10.1 Å². The lowest BCUT2D eigenvalue weighted by atomic mass is 9.79. The van der Waals surface area contributed by atoms with Gasteiger partial charge in [0, 0.05) is 12.0 Å². The molecule has 0 amide bonds. The van der Waals surface area contributed by atoms with E-state index in [4.69, 9.17) is 4.74 Å². The molecule has 0 spiro atoms. The lowest BCUT2D eigenvalue weighted by Gasteiger charge is -2.29. The van der Waals surface area contributed by atoms with Crippen molar-refractivity contribution < 1.29 is 4.74 Å². The van der Waals surface area contributed by atoms with Crippen molar-refractivity contribution in [2.75, 3.05) is 20.2 Å². The molecule has 0 atom stereocenters. The molecular formula is C17H29NO. The lowest BCUT2D eigenvalue weighted by molar-refractivity contribution is 0.395. The number of benzene rings is 1. The molecule has 0 saturated heterocycles. The third kappa shape index (κ3) is 3.97. The van der Waals surface area contributed by atoms with Gasteiger partial charge in [-0.1, -0.05) is 53.7 Å². The molecule has 1 aromatic rings. The van der Waals surface area contributed by atoms with Gasteiger partial charge in [0.1, 0.15) is 5.75 Å². The number of rotatable bonds is 5. The molecule has 0 aliphatic heterocycles. The highest BCUT2D eigenvalue weighted by atomic mass is 16.5. The maximum atomic E-state index is 5.51. The summed E-state index contributed by atoms with van der Waals surface area (Å²) in [5.41, 5.74) is 2.86. The van der Waals surface area contributed by atoms with Crippen LogP contribution in [0.3, 0.4) is 0 Å². The summed E-state index contributed by atoms with van der Waals surface area (Å²) in [5, 5.41) is 3.44. The summed E-state index contributed by atoms with van der Waals surface area (Å²) in [6, 6.07) is 6.59. The first-order valence-corrected chi connectivity index (χ1v) is 7.12. The molecule has 0 radical (unpaired) electrons. The summed E-state index contributed by atoms with van der Waals surface area (Å²) in [7, 11) is 1.74. The van der Waals surface area contributed by atoms with Crippen LogP contribution < -0.4 is 10.1 Å². The van der Waals surface area contributed by atoms with Gasteiger partial charge in [-0.15, -0.1) is 0 Å². The minimum atomic E-state index is 0.0929. The normalized spacial score (nSPS) is 12.6. The van der Waals surface area contributed by atoms with Crippen LogP contribution in [0.2, 0.25) is 0 Å². The molecule has 0 unspecified atom stereocenters. The zero-order valence-corrected chi connectivity index (χ0v) is 13.6. The van der Waals surface area contributed by atoms with Crippen molar-refractivity contribution in [3.8, 4) is 5.75 Å². The summed E-state index contributed by atoms with van der Waals surface area (Å²) in [5.74, 6) is 0.982. The summed E-state index contributed by atoms with van der Waals surface area (Å²) in [4.78, 5) is 0. The van der Waals surface area contributed by atoms with Crippen LogP contribution in [0.4, 0.5) is 0 Å². The van der Waals surface area contributed by atoms with E-state index in [0.29, 0.717) is 0 Å². The van der Waals surface area contributed by atoms with E-state index in [9.17, 15) is 0 Å². The van der Waals surface area contributed by atoms with Crippen LogP contribution in [0.15, 0.2) is 18.2 Å². The van der Waals surface area contributed by atoms with E-state index < -0.39 is 0 Å². The summed E-state index contributed by atoms with van der Waals surface area (Å²) in [6.07, 6.45) is 0. The molecule has 1 aromatic carbocycles. The van der Waals surface area contributed by atoms with Crippen molar-refractivity contribution >= 4 is 0 Å². The Kier molecular flexibility index (Phi) is 5.03. The fraction of sp³-hybridized carbons (Fsp3) is 0.647. The van der Waals surface area contributed by atoms with Crippen LogP contribution in [0.25, 0.3) is 0 Å². The summed E-state index contributed by atoms with van der Waals surface area (Å²) >= 11 is 0. The zero-order valence-electron chi connectivity index (χ0n) is 13.6. The number of likely N-dealkylation sites (N-methyl/N-ethyl adjacent to an activating group) is 1. The highest BCUT2D eigenvalue weighted by Gasteiger charge is 2.25. The molecule has 0 aromatic heterocycles. The van der Waals surface area contributed by atoms with Gasteiger partial charge in [-0.2, -0.15) is 0 Å². The van der Waals surface area contributed by atoms with Gasteiger partial charge in [0.2, 0.25) is 0 Å². The van der Waals surface area contributed by atoms with E-state index in [1.54, 1.807) is 7.11 Å². The number of ether oxygens (including phenoxy) is 1. The highest BCUT2D eigenvalue weighted by molar-refractivity contribution is 5.43. The maximum Gasteiger partial charge on any atom is 0.122 e. The fourth-order valence-corrected chi connectivity index (χ4v) is 2.25. The second kappa shape index (κ2) is 5.96. The van der Waals surface area contributed by atoms with Crippen molar-refractivity contribution in [2.24, 2.45) is 0 Å². The molecule has 0 aliphatic rings. The molecule has 108 valence electrons. The Bertz CT molecular complexity index is 416. The fourth-order valence-electron chi connectivity index (χ4n) is 2.25. The Morgan fingerprint density at radius 2 is 1.74 bits per heavy atom. The summed E-state index contributed by atoms with van der Waals surface area (Å²) in [6.45, 7) is 15.4. The molecule has 2 heteroatoms. The first-order valence-electron chi connectivity index (χ1n) is 7.12. The third-order valence-corrected chi connectivity index (χ3v) is 3.61. The van der Waals surface area contributed by atoms with Gasteiger partial charge in [-0.25, -0.2) is 0 Å². The Balaban J connectivity index is 3.18. The minimum absolute atomic E-state index is 0.0929. The van der Waals surface area contributed by atoms with Crippen LogP contribution in [0.5, 0.6) is 5.75 Å². The van der Waals surface area contributed by atoms with Crippen molar-refractivity contribution in [2.45, 2.75) is 52.4 Å². The van der Waals surface area contributed by atoms with E-state index >= 15 is 0 Å². The Morgan fingerprint density at radius 1 is 1.11 bits per heavy atom. The van der Waals surface area contributed by atoms with E-state index in [-0.39, 0.29) is 10.8 Å². The average Bonchev–Trinajstić information content (AvgIpc) is 2.34. The topological polar surface area (TPSA) is 21.3 Å². The highest BCUT2D eigenvalue weighted by Crippen LogP contribution is 2.35. The average molecular weight is 263 g/mol. The van der Waals surface area contributed by atoms with Crippen LogP contribution in [-0.2, 0) is 10.8 Å². The molecule has 0 aliphatic carbocycles. The molecular weight excluding hydrogens is 234 g/mol. The Morgan fingerprint density at radius 3 is 2.21 bits per heavy atom. The van der Waals surface area contributed by atoms with Crippen molar-refractivity contribution in [1.29, 1.82) is 0 Å². The van der Waals surface area contributed by atoms with E-state index in [1.165, 1.54) is 11.1 Å². The smallest absolute Gasteiger partial charge is 0.122 e. The van der Waals surface area contributed by atoms with Gasteiger partial charge in [-0.3, -0.25) is 0 Å². The largest absolute Gasteiger partial charge is 0.496 e. The lowest BCUT2D eigenvalue weighted by Crippen LogP contribution is -2.33. The van der Waals surface area contributed by atoms with Crippen LogP contribution in [0.1, 0.15) is 52.7 Å². The SMILES string of the molecule is CCNCC(C)(C)c1ccc(OC)c(C(C)(C)C)c1. The molecule has 1 rings (SSSR count). The van der Waals surface area contributed by atoms with E-state index in [1.807, 2.05) is 0 Å². The quantitative estimate of drug-likeness (QED) is 0.870. The molecule has 1 N–H and O–H groups in total. The molecule has 0 heterocycles. The predicted octanol–water partition coefficient (Wildman–Crippen LogP) is 3.88. The molecule has 0 saturated carbocycles. The van der Waals surface area contributed by atoms with Gasteiger partial charge >= 0.3 is 0 Å². The Labute approximate surface area is 118 Å². The number of hydrogen-bond donors (Lipinski definition) is 1. The van der Waals surface area contributed by atoms with Gasteiger partial charge in [-0.05, 0) is 29.2 Å². The standard InChI is InChI=1S/C17H29NO/c1-8-18-12-17(5,6)13-9-10-15(19-7)14(11-13)16(2,3)4/h9-11,18H,8,12H2,1-7H3. The first-order chi connectivity index (χ1) is 8.72. The van der Waals surface area contributed by atoms with Gasteiger partial charge in [0.25, 0.3) is 0 Å². The molecule has 0 fully saturated rings. The zero-order chi connectivity index (χ0) is 14.7. The third-order valence-electron chi connectivity index (χ3n) is 3.61. The maximum absolute atomic E-state index is 5.51. The minimum Gasteiger partial charge on any atom is -0.496 e. The van der Waals surface area contributed by atoms with Crippen LogP contribution in [0, 0.1) is 0 Å². The van der Waals surface area contributed by atoms with Gasteiger partial charge in [0.05, 0.1) is 7.11 Å². The van der Waals surface area contributed by atoms with Crippen molar-refractivity contribution in [3.05, 3.63) is 29.3 Å². The first kappa shape index (κ1) is 16.0. The second-order valence-electron chi connectivity index (χ2n) is 6.83. The summed E-state index contributed by atoms with van der Waals surface area (Å²) < 4.78 is 5.51. The van der Waals surface area contributed by atoms with Crippen molar-refractivity contribution in [3.63, 3.8) is 0 Å². The van der Waals surface area contributed by atoms with Crippen LogP contribution >= 0.6 is 0 Å². The number of methoxy groups -OCH3 is 1. The van der Waals surface area contributed by atoms with Crippen LogP contribution in [-0.4, -0.2) is 20.2 Å². The Hall–Kier alpha value is -1.02.